The van der Waals surface area contributed by atoms with Gasteiger partial charge in [0.1, 0.15) is 0 Å². The van der Waals surface area contributed by atoms with E-state index in [-0.39, 0.29) is 16.1 Å². The molecular weight excluding hydrogens is 344 g/mol. The van der Waals surface area contributed by atoms with Crippen molar-refractivity contribution in [3.63, 3.8) is 0 Å². The first-order chi connectivity index (χ1) is 11.3. The number of hydrogen-bond donors (Lipinski definition) is 1. The highest BCUT2D eigenvalue weighted by Gasteiger charge is 2.19. The maximum Gasteiger partial charge on any atom is 0.242 e. The van der Waals surface area contributed by atoms with Crippen LogP contribution in [0.2, 0.25) is 0 Å². The van der Waals surface area contributed by atoms with Gasteiger partial charge in [0.2, 0.25) is 15.9 Å². The van der Waals surface area contributed by atoms with Crippen LogP contribution in [0.4, 0.5) is 5.69 Å². The highest BCUT2D eigenvalue weighted by Crippen LogP contribution is 2.24. The summed E-state index contributed by atoms with van der Waals surface area (Å²) in [5.74, 6) is -0.178. The maximum absolute atomic E-state index is 12.3. The molecule has 1 atom stereocenters. The first kappa shape index (κ1) is 18.5. The average molecular weight is 364 g/mol. The van der Waals surface area contributed by atoms with E-state index in [9.17, 15) is 13.2 Å². The van der Waals surface area contributed by atoms with Crippen molar-refractivity contribution < 1.29 is 13.2 Å². The van der Waals surface area contributed by atoms with Gasteiger partial charge in [-0.25, -0.2) is 12.7 Å². The predicted molar refractivity (Wildman–Crippen MR) is 97.7 cm³/mol. The van der Waals surface area contributed by atoms with E-state index in [0.717, 1.165) is 9.20 Å². The Hall–Kier alpha value is -1.83. The van der Waals surface area contributed by atoms with Crippen LogP contribution in [0.15, 0.2) is 64.4 Å². The standard InChI is InChI=1S/C17H20N2O3S2/c1-13(23-15-9-5-4-6-10-15)17(20)18-14-8-7-11-16(12-14)24(21,22)19(2)3/h4-13H,1-3H3,(H,18,20). The molecule has 1 N–H and O–H groups in total. The number of thioether (sulfide) groups is 1. The van der Waals surface area contributed by atoms with Crippen molar-refractivity contribution in [3.05, 3.63) is 54.6 Å². The van der Waals surface area contributed by atoms with Crippen molar-refractivity contribution >= 4 is 33.4 Å². The average Bonchev–Trinajstić information content (AvgIpc) is 2.55. The van der Waals surface area contributed by atoms with Crippen molar-refractivity contribution in [1.29, 1.82) is 0 Å². The summed E-state index contributed by atoms with van der Waals surface area (Å²) in [7, 11) is -0.584. The molecular formula is C17H20N2O3S2. The molecule has 2 rings (SSSR count). The number of carbonyl (C=O) groups excluding carboxylic acids is 1. The summed E-state index contributed by atoms with van der Waals surface area (Å²) in [6, 6.07) is 15.9. The Morgan fingerprint density at radius 3 is 2.38 bits per heavy atom. The quantitative estimate of drug-likeness (QED) is 0.800. The summed E-state index contributed by atoms with van der Waals surface area (Å²) in [5, 5.41) is 2.47. The minimum atomic E-state index is -3.53. The number of amides is 1. The summed E-state index contributed by atoms with van der Waals surface area (Å²) < 4.78 is 25.4. The van der Waals surface area contributed by atoms with Crippen LogP contribution in [0.25, 0.3) is 0 Å². The third-order valence-corrected chi connectivity index (χ3v) is 6.23. The van der Waals surface area contributed by atoms with Crippen molar-refractivity contribution in [2.75, 3.05) is 19.4 Å². The molecule has 128 valence electrons. The van der Waals surface area contributed by atoms with E-state index in [4.69, 9.17) is 0 Å². The molecule has 0 saturated heterocycles. The van der Waals surface area contributed by atoms with Crippen LogP contribution < -0.4 is 5.32 Å². The molecule has 0 radical (unpaired) electrons. The van der Waals surface area contributed by atoms with Gasteiger partial charge in [0, 0.05) is 24.7 Å². The summed E-state index contributed by atoms with van der Waals surface area (Å²) >= 11 is 1.45. The molecule has 5 nitrogen and oxygen atoms in total. The number of nitrogens with zero attached hydrogens (tertiary/aromatic N) is 1. The van der Waals surface area contributed by atoms with E-state index in [2.05, 4.69) is 5.32 Å². The fraction of sp³-hybridized carbons (Fsp3) is 0.235. The molecule has 1 amide bonds. The number of rotatable bonds is 6. The second-order valence-electron chi connectivity index (χ2n) is 5.38. The minimum absolute atomic E-state index is 0.147. The van der Waals surface area contributed by atoms with Crippen molar-refractivity contribution in [2.24, 2.45) is 0 Å². The zero-order valence-corrected chi connectivity index (χ0v) is 15.4. The number of carbonyl (C=O) groups is 1. The maximum atomic E-state index is 12.3. The Morgan fingerprint density at radius 2 is 1.75 bits per heavy atom. The van der Waals surface area contributed by atoms with E-state index in [1.165, 1.54) is 38.0 Å². The third kappa shape index (κ3) is 4.59. The third-order valence-electron chi connectivity index (χ3n) is 3.31. The molecule has 2 aromatic carbocycles. The summed E-state index contributed by atoms with van der Waals surface area (Å²) in [6.07, 6.45) is 0. The van der Waals surface area contributed by atoms with E-state index in [1.54, 1.807) is 12.1 Å². The van der Waals surface area contributed by atoms with Crippen molar-refractivity contribution in [3.8, 4) is 0 Å². The highest BCUT2D eigenvalue weighted by molar-refractivity contribution is 8.00. The Labute approximate surface area is 147 Å². The fourth-order valence-corrected chi connectivity index (χ4v) is 3.78. The molecule has 0 bridgehead atoms. The Balaban J connectivity index is 2.09. The van der Waals surface area contributed by atoms with Crippen LogP contribution in [0.3, 0.4) is 0 Å². The van der Waals surface area contributed by atoms with Crippen LogP contribution in [0, 0.1) is 0 Å². The van der Waals surface area contributed by atoms with Gasteiger partial charge in [0.15, 0.2) is 0 Å². The Kier molecular flexibility index (Phi) is 6.04. The fourth-order valence-electron chi connectivity index (χ4n) is 1.95. The molecule has 0 saturated carbocycles. The normalized spacial score (nSPS) is 12.8. The van der Waals surface area contributed by atoms with E-state index in [0.29, 0.717) is 5.69 Å². The Morgan fingerprint density at radius 1 is 1.08 bits per heavy atom. The number of benzene rings is 2. The van der Waals surface area contributed by atoms with Crippen LogP contribution in [-0.4, -0.2) is 38.0 Å². The molecule has 0 aliphatic carbocycles. The van der Waals surface area contributed by atoms with Gasteiger partial charge in [-0.15, -0.1) is 11.8 Å². The van der Waals surface area contributed by atoms with E-state index < -0.39 is 10.0 Å². The summed E-state index contributed by atoms with van der Waals surface area (Å²) in [4.78, 5) is 13.5. The summed E-state index contributed by atoms with van der Waals surface area (Å²) in [6.45, 7) is 1.81. The Bertz CT molecular complexity index is 806. The molecule has 0 spiro atoms. The lowest BCUT2D eigenvalue weighted by molar-refractivity contribution is -0.115. The molecule has 0 aliphatic rings. The molecule has 7 heteroatoms. The lowest BCUT2D eigenvalue weighted by Gasteiger charge is -2.14. The van der Waals surface area contributed by atoms with Crippen molar-refractivity contribution in [1.82, 2.24) is 4.31 Å². The lowest BCUT2D eigenvalue weighted by Crippen LogP contribution is -2.24. The molecule has 1 unspecified atom stereocenters. The number of hydrogen-bond acceptors (Lipinski definition) is 4. The highest BCUT2D eigenvalue weighted by atomic mass is 32.2. The van der Waals surface area contributed by atoms with E-state index in [1.807, 2.05) is 37.3 Å². The predicted octanol–water partition coefficient (Wildman–Crippen LogP) is 3.06. The van der Waals surface area contributed by atoms with Gasteiger partial charge in [0.05, 0.1) is 10.1 Å². The monoisotopic (exact) mass is 364 g/mol. The van der Waals surface area contributed by atoms with E-state index >= 15 is 0 Å². The van der Waals surface area contributed by atoms with Gasteiger partial charge in [-0.3, -0.25) is 4.79 Å². The smallest absolute Gasteiger partial charge is 0.242 e. The topological polar surface area (TPSA) is 66.5 Å². The first-order valence-corrected chi connectivity index (χ1v) is 9.68. The number of anilines is 1. The van der Waals surface area contributed by atoms with Crippen LogP contribution in [-0.2, 0) is 14.8 Å². The second-order valence-corrected chi connectivity index (χ2v) is 8.94. The molecule has 0 aromatic heterocycles. The minimum Gasteiger partial charge on any atom is -0.325 e. The van der Waals surface area contributed by atoms with Gasteiger partial charge >= 0.3 is 0 Å². The van der Waals surface area contributed by atoms with Crippen LogP contribution in [0.5, 0.6) is 0 Å². The van der Waals surface area contributed by atoms with Gasteiger partial charge in [-0.2, -0.15) is 0 Å². The van der Waals surface area contributed by atoms with Gasteiger partial charge < -0.3 is 5.32 Å². The van der Waals surface area contributed by atoms with Gasteiger partial charge in [-0.1, -0.05) is 24.3 Å². The largest absolute Gasteiger partial charge is 0.325 e. The molecule has 2 aromatic rings. The van der Waals surface area contributed by atoms with Crippen LogP contribution in [0.1, 0.15) is 6.92 Å². The molecule has 0 fully saturated rings. The molecule has 0 heterocycles. The lowest BCUT2D eigenvalue weighted by atomic mass is 10.3. The van der Waals surface area contributed by atoms with Gasteiger partial charge in [-0.05, 0) is 37.3 Å². The first-order valence-electron chi connectivity index (χ1n) is 7.36. The SMILES string of the molecule is CC(Sc1ccccc1)C(=O)Nc1cccc(S(=O)(=O)N(C)C)c1. The van der Waals surface area contributed by atoms with Crippen LogP contribution >= 0.6 is 11.8 Å². The molecule has 24 heavy (non-hydrogen) atoms. The zero-order chi connectivity index (χ0) is 17.7. The second kappa shape index (κ2) is 7.83. The van der Waals surface area contributed by atoms with Crippen molar-refractivity contribution in [2.45, 2.75) is 22.0 Å². The summed E-state index contributed by atoms with van der Waals surface area (Å²) in [5.41, 5.74) is 0.462. The molecule has 0 aliphatic heterocycles. The zero-order valence-electron chi connectivity index (χ0n) is 13.8. The van der Waals surface area contributed by atoms with Gasteiger partial charge in [0.25, 0.3) is 0 Å². The number of nitrogens with one attached hydrogen (secondary N) is 1. The number of sulfonamides is 1.